The Hall–Kier alpha value is -2.24. The van der Waals surface area contributed by atoms with Crippen LogP contribution < -0.4 is 9.80 Å². The lowest BCUT2D eigenvalue weighted by Crippen LogP contribution is -2.47. The Bertz CT molecular complexity index is 574. The molecule has 0 bridgehead atoms. The van der Waals surface area contributed by atoms with Gasteiger partial charge in [-0.1, -0.05) is 0 Å². The molecule has 1 saturated heterocycles. The molecule has 0 amide bonds. The van der Waals surface area contributed by atoms with Gasteiger partial charge in [0.2, 0.25) is 0 Å². The Labute approximate surface area is 118 Å². The maximum absolute atomic E-state index is 4.52. The number of aromatic nitrogens is 4. The second-order valence-corrected chi connectivity index (χ2v) is 5.03. The molecule has 6 heteroatoms. The maximum atomic E-state index is 4.52. The fraction of sp³-hybridized carbons (Fsp3) is 0.429. The third kappa shape index (κ3) is 2.68. The summed E-state index contributed by atoms with van der Waals surface area (Å²) in [7, 11) is 0. The summed E-state index contributed by atoms with van der Waals surface area (Å²) in [6.07, 6.45) is 3.61. The molecule has 2 aromatic heterocycles. The van der Waals surface area contributed by atoms with Crippen LogP contribution in [0.3, 0.4) is 0 Å². The van der Waals surface area contributed by atoms with Crippen LogP contribution in [0.2, 0.25) is 0 Å². The molecule has 3 heterocycles. The predicted octanol–water partition coefficient (Wildman–Crippen LogP) is 1.21. The fourth-order valence-electron chi connectivity index (χ4n) is 2.33. The largest absolute Gasteiger partial charge is 0.352 e. The third-order valence-electron chi connectivity index (χ3n) is 3.45. The molecule has 0 aromatic carbocycles. The summed E-state index contributed by atoms with van der Waals surface area (Å²) in [5.41, 5.74) is 1.90. The minimum absolute atomic E-state index is 0.924. The van der Waals surface area contributed by atoms with Crippen LogP contribution in [0.4, 0.5) is 11.6 Å². The van der Waals surface area contributed by atoms with E-state index in [1.807, 2.05) is 32.2 Å². The van der Waals surface area contributed by atoms with Gasteiger partial charge >= 0.3 is 0 Å². The minimum Gasteiger partial charge on any atom is -0.352 e. The van der Waals surface area contributed by atoms with Gasteiger partial charge in [0.15, 0.2) is 5.82 Å². The number of hydrogen-bond donors (Lipinski definition) is 0. The quantitative estimate of drug-likeness (QED) is 0.817. The molecule has 6 nitrogen and oxygen atoms in total. The number of rotatable bonds is 2. The summed E-state index contributed by atoms with van der Waals surface area (Å²) >= 11 is 0. The molecular formula is C14H18N6. The first-order valence-electron chi connectivity index (χ1n) is 6.81. The average molecular weight is 270 g/mol. The van der Waals surface area contributed by atoms with Gasteiger partial charge in [-0.3, -0.25) is 4.98 Å². The van der Waals surface area contributed by atoms with Crippen molar-refractivity contribution >= 4 is 11.6 Å². The predicted molar refractivity (Wildman–Crippen MR) is 78.0 cm³/mol. The molecule has 104 valence electrons. The first kappa shape index (κ1) is 12.8. The summed E-state index contributed by atoms with van der Waals surface area (Å²) in [5.74, 6) is 1.91. The first-order chi connectivity index (χ1) is 9.72. The highest BCUT2D eigenvalue weighted by Crippen LogP contribution is 2.16. The second kappa shape index (κ2) is 5.40. The zero-order chi connectivity index (χ0) is 13.9. The van der Waals surface area contributed by atoms with E-state index in [0.29, 0.717) is 0 Å². The van der Waals surface area contributed by atoms with Gasteiger partial charge in [-0.2, -0.15) is 5.10 Å². The van der Waals surface area contributed by atoms with Gasteiger partial charge in [-0.25, -0.2) is 4.98 Å². The number of nitrogens with zero attached hydrogens (tertiary/aromatic N) is 6. The smallest absolute Gasteiger partial charge is 0.151 e. The number of anilines is 2. The first-order valence-corrected chi connectivity index (χ1v) is 6.81. The van der Waals surface area contributed by atoms with Gasteiger partial charge in [0.05, 0.1) is 17.6 Å². The second-order valence-electron chi connectivity index (χ2n) is 5.03. The van der Waals surface area contributed by atoms with Crippen LogP contribution in [0.1, 0.15) is 11.4 Å². The Morgan fingerprint density at radius 2 is 1.50 bits per heavy atom. The van der Waals surface area contributed by atoms with Gasteiger partial charge in [0, 0.05) is 32.4 Å². The Kier molecular flexibility index (Phi) is 3.45. The minimum atomic E-state index is 0.924. The standard InChI is InChI=1S/C14H18N6/c1-11-3-4-13(18-17-11)19-5-7-20(8-6-19)14-10-15-9-12(2)16-14/h3-4,9-10H,5-8H2,1-2H3. The van der Waals surface area contributed by atoms with E-state index in [-0.39, 0.29) is 0 Å². The summed E-state index contributed by atoms with van der Waals surface area (Å²) in [4.78, 5) is 13.2. The van der Waals surface area contributed by atoms with E-state index in [4.69, 9.17) is 0 Å². The zero-order valence-electron chi connectivity index (χ0n) is 11.8. The van der Waals surface area contributed by atoms with E-state index in [2.05, 4.69) is 30.0 Å². The zero-order valence-corrected chi connectivity index (χ0v) is 11.8. The summed E-state index contributed by atoms with van der Waals surface area (Å²) in [6.45, 7) is 7.61. The topological polar surface area (TPSA) is 58.0 Å². The van der Waals surface area contributed by atoms with Crippen LogP contribution in [0.15, 0.2) is 24.5 Å². The molecule has 0 atom stereocenters. The van der Waals surface area contributed by atoms with E-state index < -0.39 is 0 Å². The fourth-order valence-corrected chi connectivity index (χ4v) is 2.33. The molecule has 1 aliphatic heterocycles. The molecule has 0 spiro atoms. The highest BCUT2D eigenvalue weighted by Gasteiger charge is 2.19. The van der Waals surface area contributed by atoms with Crippen LogP contribution in [0, 0.1) is 13.8 Å². The average Bonchev–Trinajstić information content (AvgIpc) is 2.48. The van der Waals surface area contributed by atoms with E-state index in [0.717, 1.165) is 49.2 Å². The molecule has 0 N–H and O–H groups in total. The number of hydrogen-bond acceptors (Lipinski definition) is 6. The van der Waals surface area contributed by atoms with Gasteiger partial charge in [0.1, 0.15) is 5.82 Å². The van der Waals surface area contributed by atoms with Gasteiger partial charge < -0.3 is 9.80 Å². The SMILES string of the molecule is Cc1ccc(N2CCN(c3cncc(C)n3)CC2)nn1. The van der Waals surface area contributed by atoms with E-state index in [1.54, 1.807) is 6.20 Å². The van der Waals surface area contributed by atoms with Crippen LogP contribution in [0.5, 0.6) is 0 Å². The summed E-state index contributed by atoms with van der Waals surface area (Å²) in [5, 5.41) is 8.36. The van der Waals surface area contributed by atoms with Crippen molar-refractivity contribution in [1.82, 2.24) is 20.2 Å². The lowest BCUT2D eigenvalue weighted by molar-refractivity contribution is 0.636. The number of piperazine rings is 1. The van der Waals surface area contributed by atoms with Crippen molar-refractivity contribution in [3.63, 3.8) is 0 Å². The molecule has 1 fully saturated rings. The van der Waals surface area contributed by atoms with Gasteiger partial charge in [0.25, 0.3) is 0 Å². The van der Waals surface area contributed by atoms with Gasteiger partial charge in [-0.15, -0.1) is 5.10 Å². The monoisotopic (exact) mass is 270 g/mol. The molecule has 2 aromatic rings. The van der Waals surface area contributed by atoms with Crippen molar-refractivity contribution in [1.29, 1.82) is 0 Å². The molecule has 3 rings (SSSR count). The molecule has 20 heavy (non-hydrogen) atoms. The van der Waals surface area contributed by atoms with Crippen LogP contribution in [-0.2, 0) is 0 Å². The molecule has 0 unspecified atom stereocenters. The summed E-state index contributed by atoms with van der Waals surface area (Å²) < 4.78 is 0. The molecule has 0 aliphatic carbocycles. The molecule has 0 radical (unpaired) electrons. The van der Waals surface area contributed by atoms with Crippen molar-refractivity contribution < 1.29 is 0 Å². The van der Waals surface area contributed by atoms with Crippen molar-refractivity contribution in [3.05, 3.63) is 35.9 Å². The molecule has 1 aliphatic rings. The molecule has 0 saturated carbocycles. The maximum Gasteiger partial charge on any atom is 0.151 e. The van der Waals surface area contributed by atoms with E-state index in [9.17, 15) is 0 Å². The van der Waals surface area contributed by atoms with Crippen molar-refractivity contribution in [2.24, 2.45) is 0 Å². The normalized spacial score (nSPS) is 15.5. The van der Waals surface area contributed by atoms with E-state index >= 15 is 0 Å². The van der Waals surface area contributed by atoms with Crippen LogP contribution in [0.25, 0.3) is 0 Å². The highest BCUT2D eigenvalue weighted by molar-refractivity contribution is 5.43. The van der Waals surface area contributed by atoms with Crippen molar-refractivity contribution in [2.45, 2.75) is 13.8 Å². The van der Waals surface area contributed by atoms with Gasteiger partial charge in [-0.05, 0) is 26.0 Å². The molecular weight excluding hydrogens is 252 g/mol. The van der Waals surface area contributed by atoms with Crippen molar-refractivity contribution in [2.75, 3.05) is 36.0 Å². The third-order valence-corrected chi connectivity index (χ3v) is 3.45. The van der Waals surface area contributed by atoms with E-state index in [1.165, 1.54) is 0 Å². The van der Waals surface area contributed by atoms with Crippen molar-refractivity contribution in [3.8, 4) is 0 Å². The number of aryl methyl sites for hydroxylation is 2. The Morgan fingerprint density at radius 1 is 0.800 bits per heavy atom. The lowest BCUT2D eigenvalue weighted by atomic mass is 10.3. The van der Waals surface area contributed by atoms with Crippen LogP contribution >= 0.6 is 0 Å². The lowest BCUT2D eigenvalue weighted by Gasteiger charge is -2.35. The Morgan fingerprint density at radius 3 is 2.10 bits per heavy atom. The van der Waals surface area contributed by atoms with Crippen LogP contribution in [-0.4, -0.2) is 46.3 Å². The summed E-state index contributed by atoms with van der Waals surface area (Å²) in [6, 6.07) is 4.03. The highest BCUT2D eigenvalue weighted by atomic mass is 15.3. The Balaban J connectivity index is 1.66.